The standard InChI is InChI=1S/C12H13N3O4/c1-3-19-12(17)11-10(13-15-14-11)8-6-7(18-2)4-5-9(8)16/h4-6,16H,3H2,1-2H3,(H,13,14,15). The molecule has 1 heterocycles. The molecule has 0 bridgehead atoms. The Morgan fingerprint density at radius 3 is 2.89 bits per heavy atom. The SMILES string of the molecule is CCOC(=O)c1n[nH]nc1-c1cc(OC)ccc1O. The molecule has 1 aromatic carbocycles. The van der Waals surface area contributed by atoms with Gasteiger partial charge in [-0.2, -0.15) is 10.3 Å². The Hall–Kier alpha value is -2.57. The Bertz CT molecular complexity index is 594. The topological polar surface area (TPSA) is 97.3 Å². The van der Waals surface area contributed by atoms with Gasteiger partial charge in [-0.1, -0.05) is 0 Å². The van der Waals surface area contributed by atoms with Gasteiger partial charge in [0.15, 0.2) is 5.69 Å². The second kappa shape index (κ2) is 5.38. The van der Waals surface area contributed by atoms with Crippen LogP contribution in [0.5, 0.6) is 11.5 Å². The number of methoxy groups -OCH3 is 1. The highest BCUT2D eigenvalue weighted by atomic mass is 16.5. The first-order valence-corrected chi connectivity index (χ1v) is 5.62. The number of aromatic amines is 1. The molecule has 1 aromatic heterocycles. The smallest absolute Gasteiger partial charge is 0.361 e. The summed E-state index contributed by atoms with van der Waals surface area (Å²) in [7, 11) is 1.51. The molecule has 7 heteroatoms. The van der Waals surface area contributed by atoms with Crippen molar-refractivity contribution in [2.45, 2.75) is 6.92 Å². The predicted molar refractivity (Wildman–Crippen MR) is 66.0 cm³/mol. The molecule has 2 N–H and O–H groups in total. The highest BCUT2D eigenvalue weighted by Crippen LogP contribution is 2.32. The van der Waals surface area contributed by atoms with Crippen molar-refractivity contribution in [1.82, 2.24) is 15.4 Å². The van der Waals surface area contributed by atoms with Gasteiger partial charge >= 0.3 is 5.97 Å². The summed E-state index contributed by atoms with van der Waals surface area (Å²) in [4.78, 5) is 11.7. The lowest BCUT2D eigenvalue weighted by molar-refractivity contribution is 0.0520. The molecule has 0 fully saturated rings. The Kier molecular flexibility index (Phi) is 3.65. The largest absolute Gasteiger partial charge is 0.507 e. The molecule has 19 heavy (non-hydrogen) atoms. The summed E-state index contributed by atoms with van der Waals surface area (Å²) in [6.45, 7) is 1.93. The van der Waals surface area contributed by atoms with Crippen LogP contribution in [0, 0.1) is 0 Å². The molecular formula is C12H13N3O4. The summed E-state index contributed by atoms with van der Waals surface area (Å²) in [6.07, 6.45) is 0. The predicted octanol–water partition coefficient (Wildman–Crippen LogP) is 1.36. The average molecular weight is 263 g/mol. The van der Waals surface area contributed by atoms with Gasteiger partial charge < -0.3 is 14.6 Å². The molecule has 0 aliphatic heterocycles. The molecule has 0 aliphatic carbocycles. The van der Waals surface area contributed by atoms with Crippen molar-refractivity contribution in [2.24, 2.45) is 0 Å². The molecule has 0 atom stereocenters. The van der Waals surface area contributed by atoms with Crippen molar-refractivity contribution in [1.29, 1.82) is 0 Å². The molecule has 0 saturated heterocycles. The Balaban J connectivity index is 2.48. The maximum atomic E-state index is 11.7. The number of esters is 1. The summed E-state index contributed by atoms with van der Waals surface area (Å²) >= 11 is 0. The number of carbonyl (C=O) groups excluding carboxylic acids is 1. The molecule has 100 valence electrons. The molecule has 2 rings (SSSR count). The summed E-state index contributed by atoms with van der Waals surface area (Å²) in [5.74, 6) is -0.0978. The number of hydrogen-bond acceptors (Lipinski definition) is 6. The summed E-state index contributed by atoms with van der Waals surface area (Å²) in [5, 5.41) is 19.8. The van der Waals surface area contributed by atoms with Gasteiger partial charge in [0.25, 0.3) is 0 Å². The van der Waals surface area contributed by atoms with E-state index in [1.807, 2.05) is 0 Å². The van der Waals surface area contributed by atoms with Gasteiger partial charge in [-0.25, -0.2) is 4.79 Å². The van der Waals surface area contributed by atoms with E-state index in [-0.39, 0.29) is 23.7 Å². The van der Waals surface area contributed by atoms with Crippen LogP contribution in [0.15, 0.2) is 18.2 Å². The lowest BCUT2D eigenvalue weighted by Crippen LogP contribution is -2.06. The first-order chi connectivity index (χ1) is 9.17. The van der Waals surface area contributed by atoms with E-state index in [9.17, 15) is 9.90 Å². The molecule has 0 aliphatic rings. The van der Waals surface area contributed by atoms with E-state index < -0.39 is 5.97 Å². The van der Waals surface area contributed by atoms with Crippen LogP contribution < -0.4 is 4.74 Å². The van der Waals surface area contributed by atoms with Crippen molar-refractivity contribution in [3.05, 3.63) is 23.9 Å². The van der Waals surface area contributed by atoms with Crippen molar-refractivity contribution in [2.75, 3.05) is 13.7 Å². The Morgan fingerprint density at radius 1 is 1.42 bits per heavy atom. The normalized spacial score (nSPS) is 10.2. The van der Waals surface area contributed by atoms with Crippen LogP contribution >= 0.6 is 0 Å². The zero-order valence-corrected chi connectivity index (χ0v) is 10.5. The number of nitrogens with zero attached hydrogens (tertiary/aromatic N) is 2. The highest BCUT2D eigenvalue weighted by Gasteiger charge is 2.21. The van der Waals surface area contributed by atoms with E-state index >= 15 is 0 Å². The highest BCUT2D eigenvalue weighted by molar-refractivity contribution is 5.94. The number of rotatable bonds is 4. The van der Waals surface area contributed by atoms with Gasteiger partial charge in [-0.3, -0.25) is 0 Å². The number of H-pyrrole nitrogens is 1. The first-order valence-electron chi connectivity index (χ1n) is 5.62. The second-order valence-electron chi connectivity index (χ2n) is 3.62. The number of ether oxygens (including phenoxy) is 2. The van der Waals surface area contributed by atoms with Crippen molar-refractivity contribution in [3.63, 3.8) is 0 Å². The molecule has 0 unspecified atom stereocenters. The number of phenols is 1. The van der Waals surface area contributed by atoms with Gasteiger partial charge in [0.2, 0.25) is 0 Å². The van der Waals surface area contributed by atoms with Gasteiger partial charge in [0.1, 0.15) is 17.2 Å². The minimum atomic E-state index is -0.603. The number of aromatic hydroxyl groups is 1. The maximum Gasteiger partial charge on any atom is 0.361 e. The van der Waals surface area contributed by atoms with E-state index in [0.717, 1.165) is 0 Å². The lowest BCUT2D eigenvalue weighted by atomic mass is 10.1. The van der Waals surface area contributed by atoms with Crippen LogP contribution in [-0.2, 0) is 4.74 Å². The van der Waals surface area contributed by atoms with E-state index in [2.05, 4.69) is 15.4 Å². The first kappa shape index (κ1) is 12.9. The number of benzene rings is 1. The molecule has 0 radical (unpaired) electrons. The third-order valence-electron chi connectivity index (χ3n) is 2.48. The lowest BCUT2D eigenvalue weighted by Gasteiger charge is -2.06. The fourth-order valence-corrected chi connectivity index (χ4v) is 1.59. The third-order valence-corrected chi connectivity index (χ3v) is 2.48. The van der Waals surface area contributed by atoms with Crippen molar-refractivity contribution >= 4 is 5.97 Å². The van der Waals surface area contributed by atoms with E-state index in [0.29, 0.717) is 11.3 Å². The Labute approximate surface area is 109 Å². The van der Waals surface area contributed by atoms with Crippen molar-refractivity contribution < 1.29 is 19.4 Å². The number of nitrogens with one attached hydrogen (secondary N) is 1. The third kappa shape index (κ3) is 2.49. The fourth-order valence-electron chi connectivity index (χ4n) is 1.59. The molecule has 0 saturated carbocycles. The quantitative estimate of drug-likeness (QED) is 0.808. The molecule has 0 amide bonds. The summed E-state index contributed by atoms with van der Waals surface area (Å²) in [6, 6.07) is 4.62. The number of carbonyl (C=O) groups is 1. The van der Waals surface area contributed by atoms with Gasteiger partial charge in [0, 0.05) is 0 Å². The fraction of sp³-hybridized carbons (Fsp3) is 0.250. The number of phenolic OH excluding ortho intramolecular Hbond substituents is 1. The number of aromatic nitrogens is 3. The van der Waals surface area contributed by atoms with Crippen LogP contribution in [-0.4, -0.2) is 40.2 Å². The second-order valence-corrected chi connectivity index (χ2v) is 3.62. The number of hydrogen-bond donors (Lipinski definition) is 2. The van der Waals surface area contributed by atoms with Crippen LogP contribution in [0.2, 0.25) is 0 Å². The van der Waals surface area contributed by atoms with Gasteiger partial charge in [-0.05, 0) is 25.1 Å². The monoisotopic (exact) mass is 263 g/mol. The van der Waals surface area contributed by atoms with Crippen molar-refractivity contribution in [3.8, 4) is 22.8 Å². The molecule has 0 spiro atoms. The molecule has 7 nitrogen and oxygen atoms in total. The van der Waals surface area contributed by atoms with E-state index in [4.69, 9.17) is 9.47 Å². The zero-order valence-electron chi connectivity index (χ0n) is 10.5. The van der Waals surface area contributed by atoms with E-state index in [1.54, 1.807) is 19.1 Å². The minimum absolute atomic E-state index is 0.0189. The van der Waals surface area contributed by atoms with Gasteiger partial charge in [-0.15, -0.1) is 5.10 Å². The zero-order chi connectivity index (χ0) is 13.8. The van der Waals surface area contributed by atoms with E-state index in [1.165, 1.54) is 13.2 Å². The summed E-state index contributed by atoms with van der Waals surface area (Å²) < 4.78 is 9.94. The minimum Gasteiger partial charge on any atom is -0.507 e. The average Bonchev–Trinajstić information content (AvgIpc) is 2.89. The van der Waals surface area contributed by atoms with Crippen LogP contribution in [0.25, 0.3) is 11.3 Å². The summed E-state index contributed by atoms with van der Waals surface area (Å²) in [5.41, 5.74) is 0.580. The van der Waals surface area contributed by atoms with Crippen LogP contribution in [0.4, 0.5) is 0 Å². The Morgan fingerprint density at radius 2 is 2.21 bits per heavy atom. The van der Waals surface area contributed by atoms with Crippen LogP contribution in [0.1, 0.15) is 17.4 Å². The van der Waals surface area contributed by atoms with Crippen LogP contribution in [0.3, 0.4) is 0 Å². The maximum absolute atomic E-state index is 11.7. The molecule has 2 aromatic rings. The molecular weight excluding hydrogens is 250 g/mol. The van der Waals surface area contributed by atoms with Gasteiger partial charge in [0.05, 0.1) is 19.3 Å².